The van der Waals surface area contributed by atoms with E-state index in [1.54, 1.807) is 0 Å². The summed E-state index contributed by atoms with van der Waals surface area (Å²) < 4.78 is 0. The molecule has 0 aromatic carbocycles. The molecule has 0 saturated heterocycles. The van der Waals surface area contributed by atoms with Crippen molar-refractivity contribution in [2.24, 2.45) is 5.92 Å². The minimum absolute atomic E-state index is 0.113. The zero-order chi connectivity index (χ0) is 15.2. The van der Waals surface area contributed by atoms with Crippen LogP contribution in [0, 0.1) is 5.92 Å². The van der Waals surface area contributed by atoms with Crippen molar-refractivity contribution in [1.82, 2.24) is 20.6 Å². The Morgan fingerprint density at radius 3 is 2.71 bits per heavy atom. The molecule has 1 aliphatic rings. The topological polar surface area (TPSA) is 124 Å². The molecule has 1 atom stereocenters. The number of amides is 2. The molecule has 1 heterocycles. The Bertz CT molecular complexity index is 495. The molecule has 1 aromatic rings. The van der Waals surface area contributed by atoms with Crippen molar-refractivity contribution in [2.75, 3.05) is 6.54 Å². The van der Waals surface area contributed by atoms with E-state index in [0.717, 1.165) is 12.8 Å². The first kappa shape index (κ1) is 15.4. The van der Waals surface area contributed by atoms with E-state index in [-0.39, 0.29) is 12.2 Å². The summed E-state index contributed by atoms with van der Waals surface area (Å²) in [6.07, 6.45) is 6.73. The Morgan fingerprint density at radius 2 is 2.14 bits per heavy atom. The molecular weight excluding hydrogens is 275 g/mol. The SMILES string of the molecule is O=C(CNC(=O)c1cnccn1)NC(CC1CC1)B(O)O. The predicted molar refractivity (Wildman–Crippen MR) is 73.8 cm³/mol. The average molecular weight is 292 g/mol. The van der Waals surface area contributed by atoms with Crippen LogP contribution in [0.5, 0.6) is 0 Å². The fraction of sp³-hybridized carbons (Fsp3) is 0.500. The number of carbonyl (C=O) groups is 2. The summed E-state index contributed by atoms with van der Waals surface area (Å²) in [6.45, 7) is -0.261. The van der Waals surface area contributed by atoms with E-state index in [0.29, 0.717) is 12.3 Å². The van der Waals surface area contributed by atoms with Gasteiger partial charge in [-0.1, -0.05) is 12.8 Å². The van der Waals surface area contributed by atoms with Crippen molar-refractivity contribution in [2.45, 2.75) is 25.2 Å². The fourth-order valence-corrected chi connectivity index (χ4v) is 1.89. The molecule has 4 N–H and O–H groups in total. The normalized spacial score (nSPS) is 15.1. The smallest absolute Gasteiger partial charge is 0.426 e. The molecule has 1 saturated carbocycles. The molecule has 9 heteroatoms. The van der Waals surface area contributed by atoms with Gasteiger partial charge in [-0.2, -0.15) is 0 Å². The molecule has 8 nitrogen and oxygen atoms in total. The Labute approximate surface area is 122 Å². The fourth-order valence-electron chi connectivity index (χ4n) is 1.89. The van der Waals surface area contributed by atoms with Crippen LogP contribution >= 0.6 is 0 Å². The van der Waals surface area contributed by atoms with E-state index in [4.69, 9.17) is 0 Å². The Hall–Kier alpha value is -2.00. The lowest BCUT2D eigenvalue weighted by Gasteiger charge is -2.17. The molecule has 1 fully saturated rings. The Morgan fingerprint density at radius 1 is 1.38 bits per heavy atom. The second-order valence-corrected chi connectivity index (χ2v) is 5.04. The van der Waals surface area contributed by atoms with Crippen LogP contribution in [0.15, 0.2) is 18.6 Å². The van der Waals surface area contributed by atoms with E-state index >= 15 is 0 Å². The van der Waals surface area contributed by atoms with Crippen LogP contribution in [-0.4, -0.2) is 51.4 Å². The number of nitrogens with one attached hydrogen (secondary N) is 2. The quantitative estimate of drug-likeness (QED) is 0.453. The summed E-state index contributed by atoms with van der Waals surface area (Å²) in [5, 5.41) is 23.4. The van der Waals surface area contributed by atoms with Crippen molar-refractivity contribution in [1.29, 1.82) is 0 Å². The third-order valence-electron chi connectivity index (χ3n) is 3.20. The van der Waals surface area contributed by atoms with Gasteiger partial charge in [-0.25, -0.2) is 4.98 Å². The predicted octanol–water partition coefficient (Wildman–Crippen LogP) is -1.50. The monoisotopic (exact) mass is 292 g/mol. The second kappa shape index (κ2) is 7.14. The van der Waals surface area contributed by atoms with Crippen LogP contribution in [-0.2, 0) is 4.79 Å². The van der Waals surface area contributed by atoms with Crippen LogP contribution in [0.4, 0.5) is 0 Å². The highest BCUT2D eigenvalue weighted by Crippen LogP contribution is 2.33. The molecule has 1 unspecified atom stereocenters. The molecule has 21 heavy (non-hydrogen) atoms. The molecule has 2 rings (SSSR count). The minimum atomic E-state index is -1.61. The van der Waals surface area contributed by atoms with Gasteiger partial charge in [0.15, 0.2) is 0 Å². The zero-order valence-electron chi connectivity index (χ0n) is 11.4. The Balaban J connectivity index is 1.76. The number of nitrogens with zero attached hydrogens (tertiary/aromatic N) is 2. The molecule has 112 valence electrons. The molecule has 1 aliphatic carbocycles. The first-order valence-electron chi connectivity index (χ1n) is 6.76. The maximum absolute atomic E-state index is 11.7. The van der Waals surface area contributed by atoms with Crippen molar-refractivity contribution in [3.05, 3.63) is 24.3 Å². The standard InChI is InChI=1S/C12H17BN4O4/c18-11(17-10(13(20)21)5-8-1-2-8)7-16-12(19)9-6-14-3-4-15-9/h3-4,6,8,10,20-21H,1-2,5,7H2,(H,16,19)(H,17,18). The first-order chi connectivity index (χ1) is 10.1. The van der Waals surface area contributed by atoms with E-state index in [1.165, 1.54) is 18.6 Å². The highest BCUT2D eigenvalue weighted by Gasteiger charge is 2.32. The zero-order valence-corrected chi connectivity index (χ0v) is 11.4. The van der Waals surface area contributed by atoms with Gasteiger partial charge >= 0.3 is 7.12 Å². The van der Waals surface area contributed by atoms with Crippen molar-refractivity contribution >= 4 is 18.9 Å². The van der Waals surface area contributed by atoms with Crippen LogP contribution in [0.3, 0.4) is 0 Å². The lowest BCUT2D eigenvalue weighted by molar-refractivity contribution is -0.120. The number of aromatic nitrogens is 2. The summed E-state index contributed by atoms with van der Waals surface area (Å²) in [6, 6.07) is 0. The van der Waals surface area contributed by atoms with Crippen LogP contribution < -0.4 is 10.6 Å². The van der Waals surface area contributed by atoms with Gasteiger partial charge in [0.05, 0.1) is 18.7 Å². The van der Waals surface area contributed by atoms with Crippen LogP contribution in [0.2, 0.25) is 0 Å². The summed E-state index contributed by atoms with van der Waals surface area (Å²) in [7, 11) is -1.61. The number of hydrogen-bond donors (Lipinski definition) is 4. The lowest BCUT2D eigenvalue weighted by Crippen LogP contribution is -2.49. The minimum Gasteiger partial charge on any atom is -0.426 e. The first-order valence-corrected chi connectivity index (χ1v) is 6.76. The lowest BCUT2D eigenvalue weighted by atomic mass is 9.76. The van der Waals surface area contributed by atoms with Gasteiger partial charge in [-0.15, -0.1) is 0 Å². The summed E-state index contributed by atoms with van der Waals surface area (Å²) in [5.41, 5.74) is 0.113. The molecule has 0 aliphatic heterocycles. The number of rotatable bonds is 7. The van der Waals surface area contributed by atoms with E-state index in [2.05, 4.69) is 20.6 Å². The van der Waals surface area contributed by atoms with Gasteiger partial charge in [0.2, 0.25) is 5.91 Å². The van der Waals surface area contributed by atoms with Crippen LogP contribution in [0.1, 0.15) is 29.8 Å². The van der Waals surface area contributed by atoms with Gasteiger partial charge in [-0.3, -0.25) is 14.6 Å². The van der Waals surface area contributed by atoms with Crippen molar-refractivity contribution < 1.29 is 19.6 Å². The second-order valence-electron chi connectivity index (χ2n) is 5.04. The molecule has 0 radical (unpaired) electrons. The molecule has 2 amide bonds. The van der Waals surface area contributed by atoms with Crippen molar-refractivity contribution in [3.63, 3.8) is 0 Å². The molecular formula is C12H17BN4O4. The Kier molecular flexibility index (Phi) is 5.23. The summed E-state index contributed by atoms with van der Waals surface area (Å²) in [4.78, 5) is 30.9. The van der Waals surface area contributed by atoms with E-state index in [9.17, 15) is 19.6 Å². The number of hydrogen-bond acceptors (Lipinski definition) is 6. The largest absolute Gasteiger partial charge is 0.475 e. The average Bonchev–Trinajstić information content (AvgIpc) is 3.29. The third-order valence-corrected chi connectivity index (χ3v) is 3.20. The maximum Gasteiger partial charge on any atom is 0.475 e. The highest BCUT2D eigenvalue weighted by molar-refractivity contribution is 6.43. The number of carbonyl (C=O) groups excluding carboxylic acids is 2. The van der Waals surface area contributed by atoms with E-state index in [1.807, 2.05) is 0 Å². The van der Waals surface area contributed by atoms with Gasteiger partial charge in [0.25, 0.3) is 5.91 Å². The molecule has 0 bridgehead atoms. The molecule has 0 spiro atoms. The van der Waals surface area contributed by atoms with Gasteiger partial charge < -0.3 is 20.7 Å². The summed E-state index contributed by atoms with van der Waals surface area (Å²) >= 11 is 0. The maximum atomic E-state index is 11.7. The third kappa shape index (κ3) is 5.12. The van der Waals surface area contributed by atoms with Gasteiger partial charge in [0.1, 0.15) is 5.69 Å². The van der Waals surface area contributed by atoms with Gasteiger partial charge in [-0.05, 0) is 12.3 Å². The highest BCUT2D eigenvalue weighted by atomic mass is 16.4. The van der Waals surface area contributed by atoms with Crippen molar-refractivity contribution in [3.8, 4) is 0 Å². The van der Waals surface area contributed by atoms with Crippen LogP contribution in [0.25, 0.3) is 0 Å². The molecule has 1 aromatic heterocycles. The van der Waals surface area contributed by atoms with E-state index < -0.39 is 24.9 Å². The summed E-state index contributed by atoms with van der Waals surface area (Å²) in [5.74, 6) is -1.27. The van der Waals surface area contributed by atoms with Gasteiger partial charge in [0, 0.05) is 12.4 Å².